The second kappa shape index (κ2) is 3.60. The lowest BCUT2D eigenvalue weighted by molar-refractivity contribution is -0.0518. The molecule has 0 saturated carbocycles. The average molecular weight is 229 g/mol. The molecule has 0 fully saturated rings. The Labute approximate surface area is 78.2 Å². The molecule has 1 aliphatic heterocycles. The molecule has 4 nitrogen and oxygen atoms in total. The van der Waals surface area contributed by atoms with Crippen molar-refractivity contribution in [3.05, 3.63) is 11.8 Å². The fraction of sp³-hybridized carbons (Fsp3) is 0.500. The minimum absolute atomic E-state index is 0.360. The van der Waals surface area contributed by atoms with Gasteiger partial charge in [0, 0.05) is 6.54 Å². The summed E-state index contributed by atoms with van der Waals surface area (Å²) in [5.74, 6) is -0.395. The van der Waals surface area contributed by atoms with E-state index in [0.717, 1.165) is 6.21 Å². The van der Waals surface area contributed by atoms with Crippen LogP contribution in [0.5, 0.6) is 0 Å². The Morgan fingerprint density at radius 2 is 2.07 bits per heavy atom. The molecule has 0 unspecified atom stereocenters. The first-order valence-electron chi connectivity index (χ1n) is 3.54. The van der Waals surface area contributed by atoms with E-state index >= 15 is 0 Å². The Hall–Kier alpha value is -1.05. The van der Waals surface area contributed by atoms with Gasteiger partial charge >= 0.3 is 15.6 Å². The summed E-state index contributed by atoms with van der Waals surface area (Å²) in [5, 5.41) is 0. The molecule has 0 aromatic rings. The topological polar surface area (TPSA) is 55.7 Å². The predicted molar refractivity (Wildman–Crippen MR) is 42.1 cm³/mol. The van der Waals surface area contributed by atoms with Gasteiger partial charge in [-0.2, -0.15) is 21.6 Å². The molecule has 0 N–H and O–H groups in total. The molecule has 0 radical (unpaired) electrons. The Morgan fingerprint density at radius 1 is 1.43 bits per heavy atom. The van der Waals surface area contributed by atoms with E-state index in [1.54, 1.807) is 0 Å². The summed E-state index contributed by atoms with van der Waals surface area (Å²) in [6.07, 6.45) is 2.54. The van der Waals surface area contributed by atoms with Crippen molar-refractivity contribution in [1.82, 2.24) is 0 Å². The number of aliphatic imine (C=N–C) groups is 1. The summed E-state index contributed by atoms with van der Waals surface area (Å²) in [5.41, 5.74) is -5.40. The van der Waals surface area contributed by atoms with E-state index in [1.807, 2.05) is 0 Å². The van der Waals surface area contributed by atoms with Crippen molar-refractivity contribution in [3.63, 3.8) is 0 Å². The average Bonchev–Trinajstić information content (AvgIpc) is 2.03. The normalized spacial score (nSPS) is 17.8. The zero-order chi connectivity index (χ0) is 10.8. The SMILES string of the molecule is O=S(=O)(OC1=CCCN=C1)C(F)(F)F. The molecule has 1 heterocycles. The highest BCUT2D eigenvalue weighted by Gasteiger charge is 2.48. The number of dihydropyridines is 1. The van der Waals surface area contributed by atoms with Crippen LogP contribution in [0.2, 0.25) is 0 Å². The summed E-state index contributed by atoms with van der Waals surface area (Å²) in [7, 11) is -5.56. The number of rotatable bonds is 2. The number of halogens is 3. The highest BCUT2D eigenvalue weighted by molar-refractivity contribution is 7.87. The van der Waals surface area contributed by atoms with Gasteiger partial charge in [-0.15, -0.1) is 0 Å². The highest BCUT2D eigenvalue weighted by Crippen LogP contribution is 2.26. The van der Waals surface area contributed by atoms with Crippen LogP contribution in [0.25, 0.3) is 0 Å². The summed E-state index contributed by atoms with van der Waals surface area (Å²) < 4.78 is 60.2. The molecular formula is C6H6F3NO3S. The van der Waals surface area contributed by atoms with Gasteiger partial charge in [0.05, 0.1) is 6.21 Å². The lowest BCUT2D eigenvalue weighted by Crippen LogP contribution is -2.25. The van der Waals surface area contributed by atoms with Crippen LogP contribution >= 0.6 is 0 Å². The maximum Gasteiger partial charge on any atom is 0.534 e. The Morgan fingerprint density at radius 3 is 2.50 bits per heavy atom. The second-order valence-electron chi connectivity index (χ2n) is 2.41. The van der Waals surface area contributed by atoms with Gasteiger partial charge in [0.1, 0.15) is 0 Å². The van der Waals surface area contributed by atoms with Gasteiger partial charge < -0.3 is 4.18 Å². The van der Waals surface area contributed by atoms with Gasteiger partial charge in [0.15, 0.2) is 5.76 Å². The third-order valence-corrected chi connectivity index (χ3v) is 2.29. The zero-order valence-corrected chi connectivity index (χ0v) is 7.60. The van der Waals surface area contributed by atoms with Crippen molar-refractivity contribution in [2.75, 3.05) is 6.54 Å². The second-order valence-corrected chi connectivity index (χ2v) is 3.95. The van der Waals surface area contributed by atoms with Gasteiger partial charge in [-0.05, 0) is 12.5 Å². The fourth-order valence-corrected chi connectivity index (χ4v) is 1.18. The number of hydrogen-bond donors (Lipinski definition) is 0. The Balaban J connectivity index is 2.79. The van der Waals surface area contributed by atoms with Crippen molar-refractivity contribution >= 4 is 16.3 Å². The van der Waals surface area contributed by atoms with Crippen LogP contribution < -0.4 is 0 Å². The van der Waals surface area contributed by atoms with Gasteiger partial charge in [0.2, 0.25) is 0 Å². The van der Waals surface area contributed by atoms with Crippen LogP contribution in [0, 0.1) is 0 Å². The van der Waals surface area contributed by atoms with E-state index in [9.17, 15) is 21.6 Å². The molecule has 8 heteroatoms. The fourth-order valence-electron chi connectivity index (χ4n) is 0.718. The molecule has 1 rings (SSSR count). The van der Waals surface area contributed by atoms with Gasteiger partial charge in [-0.3, -0.25) is 4.99 Å². The van der Waals surface area contributed by atoms with Crippen molar-refractivity contribution in [1.29, 1.82) is 0 Å². The van der Waals surface area contributed by atoms with Gasteiger partial charge in [-0.1, -0.05) is 0 Å². The third-order valence-electron chi connectivity index (χ3n) is 1.31. The lowest BCUT2D eigenvalue weighted by Gasteiger charge is -2.10. The van der Waals surface area contributed by atoms with Crippen LogP contribution in [0.15, 0.2) is 16.8 Å². The number of allylic oxidation sites excluding steroid dienone is 1. The summed E-state index contributed by atoms with van der Waals surface area (Å²) in [6.45, 7) is 0.416. The maximum absolute atomic E-state index is 11.8. The molecule has 0 bridgehead atoms. The molecular weight excluding hydrogens is 223 g/mol. The van der Waals surface area contributed by atoms with Crippen LogP contribution in [-0.4, -0.2) is 26.7 Å². The first-order chi connectivity index (χ1) is 6.33. The first kappa shape index (κ1) is 11.0. The predicted octanol–water partition coefficient (Wildman–Crippen LogP) is 1.21. The van der Waals surface area contributed by atoms with Crippen molar-refractivity contribution in [3.8, 4) is 0 Å². The van der Waals surface area contributed by atoms with Crippen LogP contribution in [0.4, 0.5) is 13.2 Å². The van der Waals surface area contributed by atoms with E-state index in [0.29, 0.717) is 13.0 Å². The summed E-state index contributed by atoms with van der Waals surface area (Å²) >= 11 is 0. The van der Waals surface area contributed by atoms with Gasteiger partial charge in [0.25, 0.3) is 0 Å². The molecule has 0 aromatic heterocycles. The quantitative estimate of drug-likeness (QED) is 0.528. The molecule has 0 aliphatic carbocycles. The monoisotopic (exact) mass is 229 g/mol. The molecule has 0 saturated heterocycles. The highest BCUT2D eigenvalue weighted by atomic mass is 32.2. The summed E-state index contributed by atoms with van der Waals surface area (Å²) in [4.78, 5) is 3.57. The van der Waals surface area contributed by atoms with Crippen LogP contribution in [0.3, 0.4) is 0 Å². The third kappa shape index (κ3) is 2.47. The Kier molecular flexibility index (Phi) is 2.84. The Bertz CT molecular complexity index is 368. The van der Waals surface area contributed by atoms with E-state index in [-0.39, 0.29) is 0 Å². The molecule has 0 atom stereocenters. The van der Waals surface area contributed by atoms with Crippen molar-refractivity contribution in [2.45, 2.75) is 11.9 Å². The first-order valence-corrected chi connectivity index (χ1v) is 4.94. The number of hydrogen-bond acceptors (Lipinski definition) is 4. The molecule has 1 aliphatic rings. The largest absolute Gasteiger partial charge is 0.534 e. The van der Waals surface area contributed by atoms with E-state index in [2.05, 4.69) is 9.18 Å². The van der Waals surface area contributed by atoms with E-state index < -0.39 is 21.4 Å². The molecule has 0 aromatic carbocycles. The lowest BCUT2D eigenvalue weighted by atomic mass is 10.3. The minimum Gasteiger partial charge on any atom is -0.375 e. The standard InChI is InChI=1S/C6H6F3NO3S/c7-6(8,9)14(11,12)13-5-2-1-3-10-4-5/h2,4H,1,3H2. The van der Waals surface area contributed by atoms with Crippen molar-refractivity contribution in [2.24, 2.45) is 4.99 Å². The van der Waals surface area contributed by atoms with Gasteiger partial charge in [-0.25, -0.2) is 0 Å². The van der Waals surface area contributed by atoms with E-state index in [4.69, 9.17) is 0 Å². The van der Waals surface area contributed by atoms with E-state index in [1.165, 1.54) is 6.08 Å². The smallest absolute Gasteiger partial charge is 0.375 e. The van der Waals surface area contributed by atoms with Crippen LogP contribution in [0.1, 0.15) is 6.42 Å². The molecule has 14 heavy (non-hydrogen) atoms. The minimum atomic E-state index is -5.56. The van der Waals surface area contributed by atoms with Crippen LogP contribution in [-0.2, 0) is 14.3 Å². The molecule has 0 spiro atoms. The number of nitrogens with zero attached hydrogens (tertiary/aromatic N) is 1. The summed E-state index contributed by atoms with van der Waals surface area (Å²) in [6, 6.07) is 0. The zero-order valence-electron chi connectivity index (χ0n) is 6.78. The van der Waals surface area contributed by atoms with Crippen molar-refractivity contribution < 1.29 is 25.8 Å². The molecule has 0 amide bonds. The number of alkyl halides is 3. The maximum atomic E-state index is 11.8. The molecule has 80 valence electrons.